The second-order valence-electron chi connectivity index (χ2n) is 2.66. The van der Waals surface area contributed by atoms with Gasteiger partial charge in [-0.1, -0.05) is 19.4 Å². The van der Waals surface area contributed by atoms with Gasteiger partial charge in [0.15, 0.2) is 0 Å². The summed E-state index contributed by atoms with van der Waals surface area (Å²) in [5.41, 5.74) is -0.100. The Kier molecular flexibility index (Phi) is 2.95. The number of aryl methyl sites for hydroxylation is 1. The highest BCUT2D eigenvalue weighted by Crippen LogP contribution is 2.22. The lowest BCUT2D eigenvalue weighted by molar-refractivity contribution is -0.388. The number of nitrogens with zero attached hydrogens (tertiary/aromatic N) is 1. The van der Waals surface area contributed by atoms with Crippen LogP contribution in [0.2, 0.25) is 0 Å². The lowest BCUT2D eigenvalue weighted by atomic mass is 10.1. The standard InChI is InChI=1S/C9H9FNO2/c1-2-4-7-5-3-6-8(10)9(7)11(12)13/h3,6H,2,4H2,1H3. The molecule has 0 fully saturated rings. The van der Waals surface area contributed by atoms with Gasteiger partial charge in [0.1, 0.15) is 0 Å². The van der Waals surface area contributed by atoms with Crippen LogP contribution in [0.15, 0.2) is 12.1 Å². The van der Waals surface area contributed by atoms with Crippen LogP contribution in [0.1, 0.15) is 18.9 Å². The second-order valence-corrected chi connectivity index (χ2v) is 2.66. The van der Waals surface area contributed by atoms with Crippen molar-refractivity contribution in [2.24, 2.45) is 0 Å². The highest BCUT2D eigenvalue weighted by Gasteiger charge is 2.18. The Bertz CT molecular complexity index is 325. The molecule has 1 radical (unpaired) electrons. The quantitative estimate of drug-likeness (QED) is 0.532. The molecule has 1 aromatic rings. The van der Waals surface area contributed by atoms with Crippen LogP contribution in [0.5, 0.6) is 0 Å². The minimum atomic E-state index is -0.785. The summed E-state index contributed by atoms with van der Waals surface area (Å²) in [6, 6.07) is 5.10. The molecule has 13 heavy (non-hydrogen) atoms. The first-order valence-corrected chi connectivity index (χ1v) is 4.00. The van der Waals surface area contributed by atoms with Crippen LogP contribution >= 0.6 is 0 Å². The van der Waals surface area contributed by atoms with E-state index in [-0.39, 0.29) is 0 Å². The average Bonchev–Trinajstić information content (AvgIpc) is 2.04. The molecule has 0 saturated carbocycles. The Morgan fingerprint density at radius 2 is 2.38 bits per heavy atom. The first kappa shape index (κ1) is 9.64. The molecule has 1 aromatic carbocycles. The summed E-state index contributed by atoms with van der Waals surface area (Å²) in [6.45, 7) is 1.88. The topological polar surface area (TPSA) is 43.1 Å². The van der Waals surface area contributed by atoms with Gasteiger partial charge in [-0.25, -0.2) is 0 Å². The van der Waals surface area contributed by atoms with Gasteiger partial charge in [0.25, 0.3) is 0 Å². The van der Waals surface area contributed by atoms with E-state index >= 15 is 0 Å². The summed E-state index contributed by atoms with van der Waals surface area (Å²) in [7, 11) is 0. The summed E-state index contributed by atoms with van der Waals surface area (Å²) >= 11 is 0. The van der Waals surface area contributed by atoms with Crippen molar-refractivity contribution in [3.63, 3.8) is 0 Å². The van der Waals surface area contributed by atoms with E-state index in [1.807, 2.05) is 6.92 Å². The first-order valence-electron chi connectivity index (χ1n) is 4.00. The fourth-order valence-electron chi connectivity index (χ4n) is 1.14. The molecular weight excluding hydrogens is 173 g/mol. The number of rotatable bonds is 3. The third-order valence-corrected chi connectivity index (χ3v) is 1.68. The maximum Gasteiger partial charge on any atom is 0.308 e. The van der Waals surface area contributed by atoms with Crippen molar-refractivity contribution in [2.45, 2.75) is 19.8 Å². The third-order valence-electron chi connectivity index (χ3n) is 1.68. The molecule has 0 spiro atoms. The van der Waals surface area contributed by atoms with Crippen molar-refractivity contribution < 1.29 is 9.31 Å². The number of halogens is 1. The Morgan fingerprint density at radius 3 is 2.92 bits per heavy atom. The Balaban J connectivity index is 3.17. The van der Waals surface area contributed by atoms with E-state index < -0.39 is 16.4 Å². The fourth-order valence-corrected chi connectivity index (χ4v) is 1.14. The van der Waals surface area contributed by atoms with Crippen molar-refractivity contribution in [3.8, 4) is 0 Å². The van der Waals surface area contributed by atoms with Gasteiger partial charge in [-0.3, -0.25) is 10.1 Å². The van der Waals surface area contributed by atoms with E-state index in [0.29, 0.717) is 12.0 Å². The number of hydrogen-bond donors (Lipinski definition) is 0. The van der Waals surface area contributed by atoms with Gasteiger partial charge in [-0.2, -0.15) is 4.39 Å². The van der Waals surface area contributed by atoms with E-state index in [1.165, 1.54) is 6.07 Å². The van der Waals surface area contributed by atoms with Gasteiger partial charge in [0.05, 0.1) is 4.92 Å². The molecule has 0 bridgehead atoms. The lowest BCUT2D eigenvalue weighted by Crippen LogP contribution is -1.98. The highest BCUT2D eigenvalue weighted by atomic mass is 19.1. The number of nitro benzene ring substituents is 1. The van der Waals surface area contributed by atoms with Crippen LogP contribution in [0, 0.1) is 22.0 Å². The summed E-state index contributed by atoms with van der Waals surface area (Å²) in [5, 5.41) is 10.5. The van der Waals surface area contributed by atoms with E-state index in [1.54, 1.807) is 0 Å². The molecule has 0 aliphatic carbocycles. The van der Waals surface area contributed by atoms with Crippen LogP contribution in [0.4, 0.5) is 10.1 Å². The van der Waals surface area contributed by atoms with Crippen LogP contribution in [-0.4, -0.2) is 4.92 Å². The smallest absolute Gasteiger partial charge is 0.258 e. The largest absolute Gasteiger partial charge is 0.308 e. The van der Waals surface area contributed by atoms with E-state index in [4.69, 9.17) is 0 Å². The molecule has 3 nitrogen and oxygen atoms in total. The molecule has 1 rings (SSSR count). The second kappa shape index (κ2) is 3.98. The number of benzene rings is 1. The third kappa shape index (κ3) is 2.02. The van der Waals surface area contributed by atoms with Crippen LogP contribution in [0.3, 0.4) is 0 Å². The van der Waals surface area contributed by atoms with Gasteiger partial charge in [-0.05, 0) is 18.6 Å². The van der Waals surface area contributed by atoms with Crippen LogP contribution in [0.25, 0.3) is 0 Å². The molecule has 0 N–H and O–H groups in total. The Hall–Kier alpha value is -1.45. The Labute approximate surface area is 75.3 Å². The molecule has 0 unspecified atom stereocenters. The van der Waals surface area contributed by atoms with E-state index in [0.717, 1.165) is 12.5 Å². The SMILES string of the molecule is CCCc1[c]ccc(F)c1[N+](=O)[O-]. The first-order chi connectivity index (χ1) is 6.16. The van der Waals surface area contributed by atoms with Gasteiger partial charge >= 0.3 is 5.69 Å². The summed E-state index contributed by atoms with van der Waals surface area (Å²) in [4.78, 5) is 9.77. The molecule has 0 heterocycles. The van der Waals surface area contributed by atoms with Crippen molar-refractivity contribution in [3.05, 3.63) is 39.7 Å². The van der Waals surface area contributed by atoms with Crippen LogP contribution < -0.4 is 0 Å². The summed E-state index contributed by atoms with van der Waals surface area (Å²) in [5.74, 6) is -0.785. The van der Waals surface area contributed by atoms with Crippen molar-refractivity contribution >= 4 is 5.69 Å². The van der Waals surface area contributed by atoms with Gasteiger partial charge in [-0.15, -0.1) is 0 Å². The number of nitro groups is 1. The van der Waals surface area contributed by atoms with E-state index in [9.17, 15) is 14.5 Å². The van der Waals surface area contributed by atoms with Gasteiger partial charge < -0.3 is 0 Å². The molecule has 0 aliphatic heterocycles. The van der Waals surface area contributed by atoms with Crippen molar-refractivity contribution in [1.29, 1.82) is 0 Å². The van der Waals surface area contributed by atoms with Crippen molar-refractivity contribution in [2.75, 3.05) is 0 Å². The summed E-state index contributed by atoms with van der Waals surface area (Å²) < 4.78 is 13.0. The minimum Gasteiger partial charge on any atom is -0.258 e. The zero-order valence-electron chi connectivity index (χ0n) is 7.21. The summed E-state index contributed by atoms with van der Waals surface area (Å²) in [6.07, 6.45) is 1.22. The molecule has 0 aromatic heterocycles. The minimum absolute atomic E-state index is 0.340. The average molecular weight is 182 g/mol. The van der Waals surface area contributed by atoms with Gasteiger partial charge in [0, 0.05) is 5.56 Å². The lowest BCUT2D eigenvalue weighted by Gasteiger charge is -2.00. The molecule has 0 amide bonds. The monoisotopic (exact) mass is 182 g/mol. The normalized spacial score (nSPS) is 10.0. The van der Waals surface area contributed by atoms with Crippen LogP contribution in [-0.2, 0) is 6.42 Å². The van der Waals surface area contributed by atoms with Gasteiger partial charge in [0.2, 0.25) is 5.82 Å². The maximum atomic E-state index is 13.0. The van der Waals surface area contributed by atoms with Crippen molar-refractivity contribution in [1.82, 2.24) is 0 Å². The molecule has 0 aliphatic rings. The number of hydrogen-bond acceptors (Lipinski definition) is 2. The highest BCUT2D eigenvalue weighted by molar-refractivity contribution is 5.40. The predicted octanol–water partition coefficient (Wildman–Crippen LogP) is 2.49. The maximum absolute atomic E-state index is 13.0. The Morgan fingerprint density at radius 1 is 1.69 bits per heavy atom. The molecule has 4 heteroatoms. The molecule has 0 saturated heterocycles. The molecule has 0 atom stereocenters. The molecule has 69 valence electrons. The fraction of sp³-hybridized carbons (Fsp3) is 0.333. The van der Waals surface area contributed by atoms with E-state index in [2.05, 4.69) is 6.07 Å². The zero-order chi connectivity index (χ0) is 9.84. The predicted molar refractivity (Wildman–Crippen MR) is 45.9 cm³/mol. The molecular formula is C9H9FNO2. The zero-order valence-corrected chi connectivity index (χ0v) is 7.21.